The Morgan fingerprint density at radius 2 is 2.43 bits per heavy atom. The van der Waals surface area contributed by atoms with Gasteiger partial charge in [-0.2, -0.15) is 5.10 Å². The van der Waals surface area contributed by atoms with Crippen LogP contribution >= 0.6 is 24.0 Å². The van der Waals surface area contributed by atoms with Gasteiger partial charge in [0.1, 0.15) is 0 Å². The molecule has 2 nitrogen and oxygen atoms in total. The van der Waals surface area contributed by atoms with Crippen molar-refractivity contribution in [1.29, 1.82) is 0 Å². The molecule has 0 spiro atoms. The van der Waals surface area contributed by atoms with E-state index in [1.54, 1.807) is 12.4 Å². The van der Waals surface area contributed by atoms with E-state index in [2.05, 4.69) is 10.2 Å². The van der Waals surface area contributed by atoms with Gasteiger partial charge in [0, 0.05) is 6.20 Å². The maximum Gasteiger partial charge on any atom is 0.0783 e. The van der Waals surface area contributed by atoms with Gasteiger partial charge in [0.05, 0.1) is 11.2 Å². The van der Waals surface area contributed by atoms with Crippen molar-refractivity contribution in [2.45, 2.75) is 0 Å². The van der Waals surface area contributed by atoms with Crippen molar-refractivity contribution in [2.75, 3.05) is 0 Å². The lowest BCUT2D eigenvalue weighted by Crippen LogP contribution is -1.53. The molecule has 0 bridgehead atoms. The van der Waals surface area contributed by atoms with Gasteiger partial charge in [0.25, 0.3) is 0 Å². The number of hydrogen-bond donors (Lipinski definition) is 1. The third kappa shape index (κ3) is 1.80. The first-order chi connectivity index (χ1) is 2.89. The normalized spacial score (nSPS) is 7.57. The van der Waals surface area contributed by atoms with Crippen LogP contribution in [0, 0.1) is 0 Å². The van der Waals surface area contributed by atoms with Crippen LogP contribution in [0.5, 0.6) is 0 Å². The summed E-state index contributed by atoms with van der Waals surface area (Å²) in [7, 11) is 0. The van der Waals surface area contributed by atoms with Gasteiger partial charge in [-0.3, -0.25) is 5.10 Å². The van der Waals surface area contributed by atoms with E-state index in [0.29, 0.717) is 5.02 Å². The second-order valence-corrected chi connectivity index (χ2v) is 1.35. The van der Waals surface area contributed by atoms with Gasteiger partial charge in [0.15, 0.2) is 0 Å². The van der Waals surface area contributed by atoms with E-state index in [1.165, 1.54) is 0 Å². The number of aromatic amines is 1. The van der Waals surface area contributed by atoms with E-state index < -0.39 is 0 Å². The number of rotatable bonds is 0. The molecule has 0 saturated carbocycles. The van der Waals surface area contributed by atoms with Crippen LogP contribution in [0.1, 0.15) is 0 Å². The van der Waals surface area contributed by atoms with Gasteiger partial charge >= 0.3 is 0 Å². The minimum atomic E-state index is 0. The van der Waals surface area contributed by atoms with Crippen LogP contribution in [0.4, 0.5) is 0 Å². The van der Waals surface area contributed by atoms with Gasteiger partial charge in [-0.15, -0.1) is 12.4 Å². The van der Waals surface area contributed by atoms with Crippen molar-refractivity contribution in [3.8, 4) is 0 Å². The molecule has 0 saturated heterocycles. The van der Waals surface area contributed by atoms with Gasteiger partial charge in [-0.25, -0.2) is 0 Å². The Bertz CT molecular complexity index is 114. The van der Waals surface area contributed by atoms with Crippen molar-refractivity contribution in [3.63, 3.8) is 0 Å². The zero-order valence-electron chi connectivity index (χ0n) is 3.39. The quantitative estimate of drug-likeness (QED) is 0.579. The fourth-order valence-corrected chi connectivity index (χ4v) is 0.333. The predicted molar refractivity (Wildman–Crippen MR) is 30.8 cm³/mol. The van der Waals surface area contributed by atoms with Crippen LogP contribution in [-0.2, 0) is 0 Å². The Morgan fingerprint density at radius 1 is 1.71 bits per heavy atom. The number of H-pyrrole nitrogens is 1. The van der Waals surface area contributed by atoms with E-state index in [1.807, 2.05) is 0 Å². The van der Waals surface area contributed by atoms with Crippen LogP contribution in [0.15, 0.2) is 12.4 Å². The first-order valence-corrected chi connectivity index (χ1v) is 1.91. The molecule has 0 atom stereocenters. The molecule has 1 heterocycles. The first-order valence-electron chi connectivity index (χ1n) is 1.54. The first kappa shape index (κ1) is 6.79. The molecule has 0 aliphatic rings. The lowest BCUT2D eigenvalue weighted by molar-refractivity contribution is 1.09. The molecule has 0 aliphatic carbocycles. The van der Waals surface area contributed by atoms with Crippen LogP contribution < -0.4 is 0 Å². The summed E-state index contributed by atoms with van der Waals surface area (Å²) < 4.78 is 0. The number of aromatic nitrogens is 2. The van der Waals surface area contributed by atoms with Crippen LogP contribution in [0.25, 0.3) is 0 Å². The summed E-state index contributed by atoms with van der Waals surface area (Å²) in [6, 6.07) is 0. The largest absolute Gasteiger partial charge is 0.284 e. The van der Waals surface area contributed by atoms with E-state index in [9.17, 15) is 0 Å². The molecular formula is C3H4Cl2N2. The standard InChI is InChI=1S/C3H3ClN2.ClH/c4-3-1-5-6-2-3;/h1-2H,(H,5,6);1H. The molecule has 0 amide bonds. The molecular weight excluding hydrogens is 135 g/mol. The topological polar surface area (TPSA) is 28.7 Å². The summed E-state index contributed by atoms with van der Waals surface area (Å²) >= 11 is 5.36. The lowest BCUT2D eigenvalue weighted by atomic mass is 10.8. The Labute approximate surface area is 52.3 Å². The maximum absolute atomic E-state index is 5.36. The average molecular weight is 139 g/mol. The number of nitrogens with zero attached hydrogens (tertiary/aromatic N) is 1. The van der Waals surface area contributed by atoms with Crippen LogP contribution in [0.3, 0.4) is 0 Å². The molecule has 1 rings (SSSR count). The SMILES string of the molecule is Cl.Clc1cn[nH]c1. The number of nitrogens with one attached hydrogen (secondary N) is 1. The minimum Gasteiger partial charge on any atom is -0.284 e. The Kier molecular flexibility index (Phi) is 2.79. The van der Waals surface area contributed by atoms with Gasteiger partial charge in [-0.1, -0.05) is 11.6 Å². The highest BCUT2D eigenvalue weighted by atomic mass is 35.5. The van der Waals surface area contributed by atoms with E-state index in [0.717, 1.165) is 0 Å². The van der Waals surface area contributed by atoms with Crippen molar-refractivity contribution in [1.82, 2.24) is 10.2 Å². The fraction of sp³-hybridized carbons (Fsp3) is 0. The Hall–Kier alpha value is -0.210. The molecule has 1 N–H and O–H groups in total. The summed E-state index contributed by atoms with van der Waals surface area (Å²) in [6.45, 7) is 0. The number of halogens is 2. The predicted octanol–water partition coefficient (Wildman–Crippen LogP) is 1.48. The van der Waals surface area contributed by atoms with Gasteiger partial charge in [0.2, 0.25) is 0 Å². The minimum absolute atomic E-state index is 0. The van der Waals surface area contributed by atoms with Crippen molar-refractivity contribution in [3.05, 3.63) is 17.4 Å². The zero-order valence-corrected chi connectivity index (χ0v) is 4.96. The summed E-state index contributed by atoms with van der Waals surface area (Å²) in [5.41, 5.74) is 0. The molecule has 1 aromatic heterocycles. The highest BCUT2D eigenvalue weighted by Crippen LogP contribution is 1.99. The Balaban J connectivity index is 0.000000360. The smallest absolute Gasteiger partial charge is 0.0783 e. The van der Waals surface area contributed by atoms with Gasteiger partial charge in [-0.05, 0) is 0 Å². The highest BCUT2D eigenvalue weighted by Gasteiger charge is 1.77. The monoisotopic (exact) mass is 138 g/mol. The van der Waals surface area contributed by atoms with Crippen molar-refractivity contribution >= 4 is 24.0 Å². The maximum atomic E-state index is 5.36. The highest BCUT2D eigenvalue weighted by molar-refractivity contribution is 6.30. The van der Waals surface area contributed by atoms with Gasteiger partial charge < -0.3 is 0 Å². The van der Waals surface area contributed by atoms with E-state index in [-0.39, 0.29) is 12.4 Å². The summed E-state index contributed by atoms with van der Waals surface area (Å²) in [4.78, 5) is 0. The molecule has 0 radical (unpaired) electrons. The molecule has 4 heteroatoms. The fourth-order valence-electron chi connectivity index (χ4n) is 0.235. The van der Waals surface area contributed by atoms with E-state index >= 15 is 0 Å². The molecule has 1 aromatic rings. The molecule has 0 aliphatic heterocycles. The van der Waals surface area contributed by atoms with Crippen molar-refractivity contribution in [2.24, 2.45) is 0 Å². The third-order valence-corrected chi connectivity index (χ3v) is 0.672. The van der Waals surface area contributed by atoms with Crippen molar-refractivity contribution < 1.29 is 0 Å². The molecule has 7 heavy (non-hydrogen) atoms. The second-order valence-electron chi connectivity index (χ2n) is 0.917. The zero-order chi connectivity index (χ0) is 4.41. The molecule has 0 fully saturated rings. The molecule has 0 aromatic carbocycles. The van der Waals surface area contributed by atoms with Crippen LogP contribution in [-0.4, -0.2) is 10.2 Å². The summed E-state index contributed by atoms with van der Waals surface area (Å²) in [5, 5.41) is 6.76. The summed E-state index contributed by atoms with van der Waals surface area (Å²) in [5.74, 6) is 0. The second kappa shape index (κ2) is 2.88. The third-order valence-electron chi connectivity index (χ3n) is 0.465. The molecule has 0 unspecified atom stereocenters. The Morgan fingerprint density at radius 3 is 2.57 bits per heavy atom. The lowest BCUT2D eigenvalue weighted by Gasteiger charge is -1.59. The number of hydrogen-bond acceptors (Lipinski definition) is 1. The van der Waals surface area contributed by atoms with E-state index in [4.69, 9.17) is 11.6 Å². The summed E-state index contributed by atoms with van der Waals surface area (Å²) in [6.07, 6.45) is 3.16. The van der Waals surface area contributed by atoms with Crippen LogP contribution in [0.2, 0.25) is 5.02 Å². The average Bonchev–Trinajstić information content (AvgIpc) is 1.86. The molecule has 40 valence electrons.